The van der Waals surface area contributed by atoms with Gasteiger partial charge in [0.05, 0.1) is 5.69 Å². The molecule has 1 saturated heterocycles. The molecule has 1 heterocycles. The number of rotatable bonds is 4. The minimum Gasteiger partial charge on any atom is -0.366 e. The maximum absolute atomic E-state index is 14.5. The Bertz CT molecular complexity index is 433. The van der Waals surface area contributed by atoms with Gasteiger partial charge in [-0.2, -0.15) is 0 Å². The lowest BCUT2D eigenvalue weighted by atomic mass is 10.0. The van der Waals surface area contributed by atoms with Crippen LogP contribution >= 0.6 is 0 Å². The van der Waals surface area contributed by atoms with E-state index in [-0.39, 0.29) is 11.9 Å². The zero-order valence-electron chi connectivity index (χ0n) is 13.0. The summed E-state index contributed by atoms with van der Waals surface area (Å²) in [5.74, 6) is -0.0787. The summed E-state index contributed by atoms with van der Waals surface area (Å²) in [6.45, 7) is 5.28. The molecule has 2 atom stereocenters. The molecule has 0 spiro atoms. The largest absolute Gasteiger partial charge is 0.366 e. The number of halogens is 1. The number of benzene rings is 1. The zero-order valence-corrected chi connectivity index (χ0v) is 13.0. The molecule has 1 aromatic carbocycles. The van der Waals surface area contributed by atoms with Crippen molar-refractivity contribution in [2.45, 2.75) is 58.0 Å². The maximum atomic E-state index is 14.5. The Hall–Kier alpha value is -1.09. The summed E-state index contributed by atoms with van der Waals surface area (Å²) in [6.07, 6.45) is 5.96. The average molecular weight is 278 g/mol. The molecule has 0 aliphatic carbocycles. The van der Waals surface area contributed by atoms with Crippen molar-refractivity contribution >= 4 is 5.69 Å². The van der Waals surface area contributed by atoms with Gasteiger partial charge in [-0.25, -0.2) is 4.39 Å². The Balaban J connectivity index is 2.42. The molecule has 1 aromatic rings. The van der Waals surface area contributed by atoms with Crippen LogP contribution in [0.3, 0.4) is 0 Å². The number of para-hydroxylation sites is 1. The number of nitrogens with one attached hydrogen (secondary N) is 1. The second kappa shape index (κ2) is 7.07. The van der Waals surface area contributed by atoms with Gasteiger partial charge in [0.1, 0.15) is 5.82 Å². The Morgan fingerprint density at radius 2 is 2.15 bits per heavy atom. The molecule has 1 aliphatic heterocycles. The SMILES string of the molecule is CCC1CCCCCN1c1c(F)cccc1C(C)NC. The molecule has 3 heteroatoms. The predicted octanol–water partition coefficient (Wildman–Crippen LogP) is 4.27. The fourth-order valence-electron chi connectivity index (χ4n) is 3.24. The first-order valence-electron chi connectivity index (χ1n) is 7.91. The molecule has 112 valence electrons. The van der Waals surface area contributed by atoms with Crippen LogP contribution in [0, 0.1) is 5.82 Å². The van der Waals surface area contributed by atoms with Crippen LogP contribution in [0.1, 0.15) is 57.6 Å². The van der Waals surface area contributed by atoms with E-state index in [4.69, 9.17) is 0 Å². The van der Waals surface area contributed by atoms with Crippen LogP contribution in [0.15, 0.2) is 18.2 Å². The number of hydrogen-bond acceptors (Lipinski definition) is 2. The van der Waals surface area contributed by atoms with Gasteiger partial charge in [-0.1, -0.05) is 31.9 Å². The molecular formula is C17H27FN2. The summed E-state index contributed by atoms with van der Waals surface area (Å²) < 4.78 is 14.5. The van der Waals surface area contributed by atoms with Gasteiger partial charge in [0.15, 0.2) is 0 Å². The van der Waals surface area contributed by atoms with Crippen molar-refractivity contribution in [3.05, 3.63) is 29.6 Å². The van der Waals surface area contributed by atoms with Crippen LogP contribution < -0.4 is 10.2 Å². The lowest BCUT2D eigenvalue weighted by Gasteiger charge is -2.34. The highest BCUT2D eigenvalue weighted by Crippen LogP contribution is 2.34. The van der Waals surface area contributed by atoms with Crippen LogP contribution in [0.5, 0.6) is 0 Å². The van der Waals surface area contributed by atoms with Crippen molar-refractivity contribution in [1.29, 1.82) is 0 Å². The third-order valence-electron chi connectivity index (χ3n) is 4.55. The maximum Gasteiger partial charge on any atom is 0.146 e. The highest BCUT2D eigenvalue weighted by atomic mass is 19.1. The topological polar surface area (TPSA) is 15.3 Å². The monoisotopic (exact) mass is 278 g/mol. The molecule has 1 fully saturated rings. The standard InChI is InChI=1S/C17H27FN2/c1-4-14-9-6-5-7-12-20(14)17-15(13(2)19-3)10-8-11-16(17)18/h8,10-11,13-14,19H,4-7,9,12H2,1-3H3. The highest BCUT2D eigenvalue weighted by Gasteiger charge is 2.25. The Labute approximate surface area is 122 Å². The molecule has 0 saturated carbocycles. The van der Waals surface area contributed by atoms with Gasteiger partial charge in [-0.15, -0.1) is 0 Å². The van der Waals surface area contributed by atoms with Gasteiger partial charge in [-0.3, -0.25) is 0 Å². The summed E-state index contributed by atoms with van der Waals surface area (Å²) in [7, 11) is 1.93. The fourth-order valence-corrected chi connectivity index (χ4v) is 3.24. The van der Waals surface area contributed by atoms with Crippen LogP contribution in [-0.4, -0.2) is 19.6 Å². The zero-order chi connectivity index (χ0) is 14.5. The summed E-state index contributed by atoms with van der Waals surface area (Å²) in [4.78, 5) is 2.32. The van der Waals surface area contributed by atoms with Crippen LogP contribution in [0.2, 0.25) is 0 Å². The van der Waals surface area contributed by atoms with Crippen LogP contribution in [0.25, 0.3) is 0 Å². The van der Waals surface area contributed by atoms with Crippen molar-refractivity contribution in [3.63, 3.8) is 0 Å². The van der Waals surface area contributed by atoms with Crippen molar-refractivity contribution in [2.75, 3.05) is 18.5 Å². The first-order chi connectivity index (χ1) is 9.69. The van der Waals surface area contributed by atoms with E-state index in [1.165, 1.54) is 19.3 Å². The molecular weight excluding hydrogens is 251 g/mol. The Morgan fingerprint density at radius 1 is 1.35 bits per heavy atom. The van der Waals surface area contributed by atoms with Gasteiger partial charge in [0.2, 0.25) is 0 Å². The van der Waals surface area contributed by atoms with E-state index in [9.17, 15) is 4.39 Å². The third kappa shape index (κ3) is 3.14. The van der Waals surface area contributed by atoms with Gasteiger partial charge in [0, 0.05) is 18.6 Å². The number of hydrogen-bond donors (Lipinski definition) is 1. The van der Waals surface area contributed by atoms with Crippen LogP contribution in [-0.2, 0) is 0 Å². The minimum atomic E-state index is -0.0787. The molecule has 20 heavy (non-hydrogen) atoms. The van der Waals surface area contributed by atoms with E-state index in [0.29, 0.717) is 6.04 Å². The van der Waals surface area contributed by atoms with Crippen molar-refractivity contribution < 1.29 is 4.39 Å². The third-order valence-corrected chi connectivity index (χ3v) is 4.55. The molecule has 0 radical (unpaired) electrons. The van der Waals surface area contributed by atoms with Crippen molar-refractivity contribution in [2.24, 2.45) is 0 Å². The number of nitrogens with zero attached hydrogens (tertiary/aromatic N) is 1. The smallest absolute Gasteiger partial charge is 0.146 e. The van der Waals surface area contributed by atoms with Gasteiger partial charge in [0.25, 0.3) is 0 Å². The van der Waals surface area contributed by atoms with E-state index < -0.39 is 0 Å². The Morgan fingerprint density at radius 3 is 2.85 bits per heavy atom. The van der Waals surface area contributed by atoms with Gasteiger partial charge in [-0.05, 0) is 44.9 Å². The lowest BCUT2D eigenvalue weighted by Crippen LogP contribution is -2.36. The molecule has 0 amide bonds. The van der Waals surface area contributed by atoms with E-state index in [1.54, 1.807) is 6.07 Å². The summed E-state index contributed by atoms with van der Waals surface area (Å²) in [5.41, 5.74) is 1.90. The van der Waals surface area contributed by atoms with Crippen molar-refractivity contribution in [3.8, 4) is 0 Å². The van der Waals surface area contributed by atoms with E-state index in [2.05, 4.69) is 30.1 Å². The molecule has 0 aromatic heterocycles. The van der Waals surface area contributed by atoms with Crippen LogP contribution in [0.4, 0.5) is 10.1 Å². The second-order valence-corrected chi connectivity index (χ2v) is 5.79. The first kappa shape index (κ1) is 15.3. The molecule has 2 unspecified atom stereocenters. The normalized spacial score (nSPS) is 21.6. The number of anilines is 1. The Kier molecular flexibility index (Phi) is 5.41. The van der Waals surface area contributed by atoms with Gasteiger partial charge >= 0.3 is 0 Å². The van der Waals surface area contributed by atoms with Crippen molar-refractivity contribution in [1.82, 2.24) is 5.32 Å². The summed E-state index contributed by atoms with van der Waals surface area (Å²) >= 11 is 0. The molecule has 2 nitrogen and oxygen atoms in total. The van der Waals surface area contributed by atoms with E-state index in [1.807, 2.05) is 13.1 Å². The fraction of sp³-hybridized carbons (Fsp3) is 0.647. The average Bonchev–Trinajstić information content (AvgIpc) is 2.71. The molecule has 1 N–H and O–H groups in total. The molecule has 1 aliphatic rings. The highest BCUT2D eigenvalue weighted by molar-refractivity contribution is 5.57. The summed E-state index contributed by atoms with van der Waals surface area (Å²) in [5, 5.41) is 3.24. The predicted molar refractivity (Wildman–Crippen MR) is 83.8 cm³/mol. The molecule has 2 rings (SSSR count). The lowest BCUT2D eigenvalue weighted by molar-refractivity contribution is 0.532. The van der Waals surface area contributed by atoms with E-state index >= 15 is 0 Å². The summed E-state index contributed by atoms with van der Waals surface area (Å²) in [6, 6.07) is 6.11. The van der Waals surface area contributed by atoms with E-state index in [0.717, 1.165) is 30.6 Å². The van der Waals surface area contributed by atoms with Gasteiger partial charge < -0.3 is 10.2 Å². The quantitative estimate of drug-likeness (QED) is 0.885. The second-order valence-electron chi connectivity index (χ2n) is 5.79. The first-order valence-corrected chi connectivity index (χ1v) is 7.91. The molecule has 0 bridgehead atoms. The minimum absolute atomic E-state index is 0.0787.